The summed E-state index contributed by atoms with van der Waals surface area (Å²) < 4.78 is 44.0. The molecule has 2 atom stereocenters. The first kappa shape index (κ1) is 15.9. The Hall–Kier alpha value is -1.43. The van der Waals surface area contributed by atoms with Crippen molar-refractivity contribution in [1.29, 1.82) is 0 Å². The van der Waals surface area contributed by atoms with Crippen molar-refractivity contribution >= 4 is 5.69 Å². The summed E-state index contributed by atoms with van der Waals surface area (Å²) >= 11 is 0. The summed E-state index contributed by atoms with van der Waals surface area (Å²) in [5.41, 5.74) is -0.267. The highest BCUT2D eigenvalue weighted by Gasteiger charge is 2.47. The fourth-order valence-electron chi connectivity index (χ4n) is 2.95. The van der Waals surface area contributed by atoms with Crippen LogP contribution in [0.5, 0.6) is 5.75 Å². The van der Waals surface area contributed by atoms with Gasteiger partial charge in [0.05, 0.1) is 25.2 Å². The van der Waals surface area contributed by atoms with E-state index in [0.29, 0.717) is 24.3 Å². The zero-order valence-electron chi connectivity index (χ0n) is 11.9. The van der Waals surface area contributed by atoms with Crippen LogP contribution in [0.25, 0.3) is 0 Å². The van der Waals surface area contributed by atoms with E-state index in [9.17, 15) is 18.3 Å². The lowest BCUT2D eigenvalue weighted by Gasteiger charge is -2.41. The summed E-state index contributed by atoms with van der Waals surface area (Å²) in [6.07, 6.45) is -3.22. The van der Waals surface area contributed by atoms with E-state index in [0.717, 1.165) is 0 Å². The first-order chi connectivity index (χ1) is 9.88. The molecule has 1 aromatic carbocycles. The third kappa shape index (κ3) is 3.81. The fraction of sp³-hybridized carbons (Fsp3) is 0.600. The standard InChI is InChI=1S/C15H20F3NO2/c1-21-13-6-2-5-12(8-13)19-14(10-20)7-3-4-11(9-14)15(16,17)18/h2,5-6,8,11,19-20H,3-4,7,9-10H2,1H3. The maximum Gasteiger partial charge on any atom is 0.391 e. The average molecular weight is 303 g/mol. The van der Waals surface area contributed by atoms with Gasteiger partial charge in [0.15, 0.2) is 0 Å². The van der Waals surface area contributed by atoms with Gasteiger partial charge in [0.25, 0.3) is 0 Å². The fourth-order valence-corrected chi connectivity index (χ4v) is 2.95. The van der Waals surface area contributed by atoms with Crippen molar-refractivity contribution in [3.05, 3.63) is 24.3 Å². The third-order valence-electron chi connectivity index (χ3n) is 4.09. The highest BCUT2D eigenvalue weighted by Crippen LogP contribution is 2.43. The Kier molecular flexibility index (Phi) is 4.66. The molecule has 0 saturated heterocycles. The second-order valence-corrected chi connectivity index (χ2v) is 5.63. The van der Waals surface area contributed by atoms with Crippen LogP contribution in [0.1, 0.15) is 25.7 Å². The first-order valence-electron chi connectivity index (χ1n) is 6.98. The minimum Gasteiger partial charge on any atom is -0.497 e. The number of hydrogen-bond donors (Lipinski definition) is 2. The third-order valence-corrected chi connectivity index (χ3v) is 4.09. The van der Waals surface area contributed by atoms with Gasteiger partial charge in [0, 0.05) is 11.8 Å². The second kappa shape index (κ2) is 6.13. The van der Waals surface area contributed by atoms with Crippen LogP contribution in [-0.4, -0.2) is 30.5 Å². The van der Waals surface area contributed by atoms with E-state index in [1.54, 1.807) is 24.3 Å². The molecule has 1 aliphatic carbocycles. The van der Waals surface area contributed by atoms with Crippen LogP contribution in [0.15, 0.2) is 24.3 Å². The molecular weight excluding hydrogens is 283 g/mol. The van der Waals surface area contributed by atoms with Crippen LogP contribution in [-0.2, 0) is 0 Å². The van der Waals surface area contributed by atoms with Gasteiger partial charge >= 0.3 is 6.18 Å². The molecule has 0 bridgehead atoms. The topological polar surface area (TPSA) is 41.5 Å². The zero-order chi connectivity index (χ0) is 15.5. The van der Waals surface area contributed by atoms with Crippen molar-refractivity contribution in [2.45, 2.75) is 37.4 Å². The molecule has 1 aliphatic rings. The highest BCUT2D eigenvalue weighted by molar-refractivity contribution is 5.50. The molecule has 3 nitrogen and oxygen atoms in total. The van der Waals surface area contributed by atoms with Crippen molar-refractivity contribution in [2.75, 3.05) is 19.0 Å². The van der Waals surface area contributed by atoms with Gasteiger partial charge in [-0.3, -0.25) is 0 Å². The van der Waals surface area contributed by atoms with Crippen molar-refractivity contribution in [3.63, 3.8) is 0 Å². The highest BCUT2D eigenvalue weighted by atomic mass is 19.4. The Morgan fingerprint density at radius 2 is 2.19 bits per heavy atom. The Morgan fingerprint density at radius 1 is 1.43 bits per heavy atom. The number of alkyl halides is 3. The number of nitrogens with one attached hydrogen (secondary N) is 1. The smallest absolute Gasteiger partial charge is 0.391 e. The molecule has 2 unspecified atom stereocenters. The number of aliphatic hydroxyl groups is 1. The van der Waals surface area contributed by atoms with Gasteiger partial charge in [-0.2, -0.15) is 13.2 Å². The molecule has 0 aliphatic heterocycles. The number of halogens is 3. The predicted octanol–water partition coefficient (Wildman–Crippen LogP) is 3.59. The molecule has 2 N–H and O–H groups in total. The summed E-state index contributed by atoms with van der Waals surface area (Å²) in [6, 6.07) is 7.00. The number of benzene rings is 1. The SMILES string of the molecule is COc1cccc(NC2(CO)CCCC(C(F)(F)F)C2)c1. The van der Waals surface area contributed by atoms with Crippen molar-refractivity contribution in [1.82, 2.24) is 0 Å². The molecule has 0 radical (unpaired) electrons. The first-order valence-corrected chi connectivity index (χ1v) is 6.98. The summed E-state index contributed by atoms with van der Waals surface area (Å²) in [6.45, 7) is -0.323. The molecule has 0 spiro atoms. The number of rotatable bonds is 4. The van der Waals surface area contributed by atoms with E-state index in [4.69, 9.17) is 4.74 Å². The number of hydrogen-bond acceptors (Lipinski definition) is 3. The van der Waals surface area contributed by atoms with E-state index < -0.39 is 17.6 Å². The lowest BCUT2D eigenvalue weighted by molar-refractivity contribution is -0.187. The number of anilines is 1. The van der Waals surface area contributed by atoms with E-state index in [1.165, 1.54) is 7.11 Å². The minimum atomic E-state index is -4.21. The lowest BCUT2D eigenvalue weighted by atomic mass is 9.75. The summed E-state index contributed by atoms with van der Waals surface area (Å²) in [4.78, 5) is 0. The van der Waals surface area contributed by atoms with E-state index >= 15 is 0 Å². The van der Waals surface area contributed by atoms with Gasteiger partial charge in [-0.15, -0.1) is 0 Å². The van der Waals surface area contributed by atoms with Gasteiger partial charge in [0.1, 0.15) is 5.75 Å². The van der Waals surface area contributed by atoms with Gasteiger partial charge in [-0.25, -0.2) is 0 Å². The van der Waals surface area contributed by atoms with Gasteiger partial charge in [-0.05, 0) is 31.4 Å². The Morgan fingerprint density at radius 3 is 2.81 bits per heavy atom. The van der Waals surface area contributed by atoms with Crippen LogP contribution in [0.3, 0.4) is 0 Å². The van der Waals surface area contributed by atoms with Crippen molar-refractivity contribution in [2.24, 2.45) is 5.92 Å². The number of ether oxygens (including phenoxy) is 1. The lowest BCUT2D eigenvalue weighted by Crippen LogP contribution is -2.48. The summed E-state index contributed by atoms with van der Waals surface area (Å²) in [5, 5.41) is 12.7. The molecule has 1 fully saturated rings. The van der Waals surface area contributed by atoms with Crippen LogP contribution >= 0.6 is 0 Å². The van der Waals surface area contributed by atoms with Gasteiger partial charge in [-0.1, -0.05) is 12.5 Å². The average Bonchev–Trinajstić information content (AvgIpc) is 2.47. The number of methoxy groups -OCH3 is 1. The van der Waals surface area contributed by atoms with Crippen LogP contribution in [0.2, 0.25) is 0 Å². The quantitative estimate of drug-likeness (QED) is 0.893. The minimum absolute atomic E-state index is 0.107. The number of aliphatic hydroxyl groups excluding tert-OH is 1. The maximum atomic E-state index is 12.9. The summed E-state index contributed by atoms with van der Waals surface area (Å²) in [7, 11) is 1.53. The predicted molar refractivity (Wildman–Crippen MR) is 74.4 cm³/mol. The largest absolute Gasteiger partial charge is 0.497 e. The molecule has 21 heavy (non-hydrogen) atoms. The zero-order valence-corrected chi connectivity index (χ0v) is 11.9. The monoisotopic (exact) mass is 303 g/mol. The molecule has 118 valence electrons. The summed E-state index contributed by atoms with van der Waals surface area (Å²) in [5.74, 6) is -0.743. The normalized spacial score (nSPS) is 26.4. The molecule has 6 heteroatoms. The Bertz CT molecular complexity index is 478. The molecule has 0 heterocycles. The maximum absolute atomic E-state index is 12.9. The molecule has 1 aromatic rings. The van der Waals surface area contributed by atoms with Crippen molar-refractivity contribution in [3.8, 4) is 5.75 Å². The Balaban J connectivity index is 2.17. The van der Waals surface area contributed by atoms with Crippen LogP contribution in [0.4, 0.5) is 18.9 Å². The molecular formula is C15H20F3NO2. The second-order valence-electron chi connectivity index (χ2n) is 5.63. The molecule has 0 amide bonds. The molecule has 2 rings (SSSR count). The van der Waals surface area contributed by atoms with Gasteiger partial charge in [0.2, 0.25) is 0 Å². The molecule has 0 aromatic heterocycles. The van der Waals surface area contributed by atoms with Crippen LogP contribution < -0.4 is 10.1 Å². The van der Waals surface area contributed by atoms with E-state index in [1.807, 2.05) is 0 Å². The molecule has 1 saturated carbocycles. The van der Waals surface area contributed by atoms with E-state index in [2.05, 4.69) is 5.32 Å². The van der Waals surface area contributed by atoms with Crippen molar-refractivity contribution < 1.29 is 23.0 Å². The van der Waals surface area contributed by atoms with Crippen LogP contribution in [0, 0.1) is 5.92 Å². The van der Waals surface area contributed by atoms with Gasteiger partial charge < -0.3 is 15.2 Å². The Labute approximate surface area is 122 Å². The van der Waals surface area contributed by atoms with E-state index in [-0.39, 0.29) is 19.4 Å².